The summed E-state index contributed by atoms with van der Waals surface area (Å²) in [6.07, 6.45) is 6.12. The number of carbonyl (C=O) groups is 5. The van der Waals surface area contributed by atoms with Crippen molar-refractivity contribution in [1.29, 1.82) is 0 Å². The Morgan fingerprint density at radius 3 is 2.50 bits per heavy atom. The van der Waals surface area contributed by atoms with Crippen LogP contribution in [0.3, 0.4) is 0 Å². The van der Waals surface area contributed by atoms with Gasteiger partial charge in [0.25, 0.3) is 11.8 Å². The number of nitrogens with two attached hydrogens (primary N) is 1. The molecule has 56 heavy (non-hydrogen) atoms. The SMILES string of the molecule is Nc1ncnc2c1c(-c1ccc(Oc3ccccc3)cc1)nn2[C@@H]1CCCN(CCCCCC(=O)Nc2cccc3c2C(=O)N(C2CCC(=O)NC2=O)C3=O)C1. The van der Waals surface area contributed by atoms with Gasteiger partial charge >= 0.3 is 0 Å². The van der Waals surface area contributed by atoms with Crippen LogP contribution in [-0.4, -0.2) is 84.8 Å². The molecule has 15 nitrogen and oxygen atoms in total. The van der Waals surface area contributed by atoms with Crippen LogP contribution in [0.2, 0.25) is 0 Å². The molecular formula is C41H41N9O6. The highest BCUT2D eigenvalue weighted by Crippen LogP contribution is 2.36. The number of para-hydroxylation sites is 1. The Bertz CT molecular complexity index is 2330. The maximum absolute atomic E-state index is 13.4. The van der Waals surface area contributed by atoms with E-state index < -0.39 is 29.7 Å². The molecule has 286 valence electrons. The summed E-state index contributed by atoms with van der Waals surface area (Å²) in [7, 11) is 0. The fourth-order valence-corrected chi connectivity index (χ4v) is 7.82. The summed E-state index contributed by atoms with van der Waals surface area (Å²) in [4.78, 5) is 75.8. The minimum absolute atomic E-state index is 0.0294. The number of amides is 5. The molecule has 15 heteroatoms. The number of likely N-dealkylation sites (tertiary alicyclic amines) is 1. The van der Waals surface area contributed by atoms with Gasteiger partial charge in [0.1, 0.15) is 35.4 Å². The monoisotopic (exact) mass is 755 g/mol. The van der Waals surface area contributed by atoms with Gasteiger partial charge in [0, 0.05) is 24.9 Å². The van der Waals surface area contributed by atoms with E-state index >= 15 is 0 Å². The van der Waals surface area contributed by atoms with Gasteiger partial charge in [0.05, 0.1) is 28.2 Å². The summed E-state index contributed by atoms with van der Waals surface area (Å²) in [6.45, 7) is 2.63. The van der Waals surface area contributed by atoms with E-state index in [4.69, 9.17) is 15.6 Å². The number of carbonyl (C=O) groups excluding carboxylic acids is 5. The number of anilines is 2. The van der Waals surface area contributed by atoms with Crippen LogP contribution >= 0.6 is 0 Å². The topological polar surface area (TPSA) is 195 Å². The van der Waals surface area contributed by atoms with Crippen molar-refractivity contribution in [3.05, 3.63) is 90.3 Å². The normalized spacial score (nSPS) is 18.6. The number of benzene rings is 3. The van der Waals surface area contributed by atoms with Gasteiger partial charge in [-0.25, -0.2) is 14.6 Å². The van der Waals surface area contributed by atoms with Crippen LogP contribution in [0.5, 0.6) is 11.5 Å². The highest BCUT2D eigenvalue weighted by Gasteiger charge is 2.45. The average molecular weight is 756 g/mol. The highest BCUT2D eigenvalue weighted by atomic mass is 16.5. The molecule has 2 aromatic heterocycles. The Kier molecular flexibility index (Phi) is 10.2. The van der Waals surface area contributed by atoms with Gasteiger partial charge in [-0.05, 0) is 93.7 Å². The molecule has 2 saturated heterocycles. The first-order chi connectivity index (χ1) is 27.2. The number of piperidine rings is 2. The number of aromatic nitrogens is 4. The minimum Gasteiger partial charge on any atom is -0.457 e. The third-order valence-corrected chi connectivity index (χ3v) is 10.6. The lowest BCUT2D eigenvalue weighted by Crippen LogP contribution is -2.54. The number of nitrogens with zero attached hydrogens (tertiary/aromatic N) is 6. The lowest BCUT2D eigenvalue weighted by atomic mass is 10.0. The number of nitrogen functional groups attached to an aromatic ring is 1. The molecule has 3 aliphatic heterocycles. The van der Waals surface area contributed by atoms with Crippen molar-refractivity contribution in [2.75, 3.05) is 30.7 Å². The van der Waals surface area contributed by atoms with E-state index in [1.165, 1.54) is 12.4 Å². The lowest BCUT2D eigenvalue weighted by Gasteiger charge is -2.33. The van der Waals surface area contributed by atoms with Gasteiger partial charge < -0.3 is 20.7 Å². The molecule has 8 rings (SSSR count). The van der Waals surface area contributed by atoms with Gasteiger partial charge in [-0.3, -0.25) is 34.2 Å². The van der Waals surface area contributed by atoms with E-state index in [1.807, 2.05) is 59.3 Å². The summed E-state index contributed by atoms with van der Waals surface area (Å²) >= 11 is 0. The van der Waals surface area contributed by atoms with Gasteiger partial charge in [-0.15, -0.1) is 0 Å². The third-order valence-electron chi connectivity index (χ3n) is 10.6. The zero-order chi connectivity index (χ0) is 38.8. The molecule has 4 N–H and O–H groups in total. The van der Waals surface area contributed by atoms with Crippen molar-refractivity contribution in [1.82, 2.24) is 34.9 Å². The smallest absolute Gasteiger partial charge is 0.264 e. The molecule has 0 spiro atoms. The summed E-state index contributed by atoms with van der Waals surface area (Å²) in [5, 5.41) is 10.8. The predicted octanol–water partition coefficient (Wildman–Crippen LogP) is 5.11. The second-order valence-electron chi connectivity index (χ2n) is 14.3. The molecule has 0 bridgehead atoms. The number of hydrogen-bond donors (Lipinski definition) is 3. The zero-order valence-corrected chi connectivity index (χ0v) is 30.6. The number of hydrogen-bond acceptors (Lipinski definition) is 11. The van der Waals surface area contributed by atoms with Crippen molar-refractivity contribution in [2.24, 2.45) is 0 Å². The number of nitrogens with one attached hydrogen (secondary N) is 2. The van der Waals surface area contributed by atoms with Gasteiger partial charge in [-0.2, -0.15) is 5.10 Å². The molecule has 3 aliphatic rings. The van der Waals surface area contributed by atoms with Crippen LogP contribution in [0.1, 0.15) is 78.1 Å². The fraction of sp³-hybridized carbons (Fsp3) is 0.317. The van der Waals surface area contributed by atoms with Crippen LogP contribution in [0.25, 0.3) is 22.3 Å². The van der Waals surface area contributed by atoms with Gasteiger partial charge in [0.2, 0.25) is 17.7 Å². The van der Waals surface area contributed by atoms with Crippen LogP contribution < -0.4 is 21.1 Å². The van der Waals surface area contributed by atoms with E-state index in [1.54, 1.807) is 12.1 Å². The maximum Gasteiger partial charge on any atom is 0.264 e. The Labute approximate surface area is 322 Å². The maximum atomic E-state index is 13.4. The molecule has 0 aliphatic carbocycles. The molecule has 0 saturated carbocycles. The van der Waals surface area contributed by atoms with Crippen molar-refractivity contribution < 1.29 is 28.7 Å². The number of rotatable bonds is 12. The summed E-state index contributed by atoms with van der Waals surface area (Å²) in [5.74, 6) is -0.818. The van der Waals surface area contributed by atoms with E-state index in [0.717, 1.165) is 72.6 Å². The first kappa shape index (κ1) is 36.5. The zero-order valence-electron chi connectivity index (χ0n) is 30.6. The number of unbranched alkanes of at least 4 members (excludes halogenated alkanes) is 2. The van der Waals surface area contributed by atoms with E-state index in [9.17, 15) is 24.0 Å². The Morgan fingerprint density at radius 2 is 1.70 bits per heavy atom. The molecule has 5 amide bonds. The van der Waals surface area contributed by atoms with Crippen LogP contribution in [0, 0.1) is 0 Å². The summed E-state index contributed by atoms with van der Waals surface area (Å²) < 4.78 is 7.98. The molecular weight excluding hydrogens is 715 g/mol. The highest BCUT2D eigenvalue weighted by molar-refractivity contribution is 6.26. The Balaban J connectivity index is 0.851. The fourth-order valence-electron chi connectivity index (χ4n) is 7.82. The second kappa shape index (κ2) is 15.7. The van der Waals surface area contributed by atoms with Gasteiger partial charge in [0.15, 0.2) is 5.65 Å². The minimum atomic E-state index is -1.08. The quantitative estimate of drug-likeness (QED) is 0.113. The number of ether oxygens (including phenoxy) is 1. The predicted molar refractivity (Wildman–Crippen MR) is 207 cm³/mol. The molecule has 5 aromatic rings. The first-order valence-electron chi connectivity index (χ1n) is 18.9. The van der Waals surface area contributed by atoms with Crippen LogP contribution in [-0.2, 0) is 14.4 Å². The largest absolute Gasteiger partial charge is 0.457 e. The molecule has 0 radical (unpaired) electrons. The van der Waals surface area contributed by atoms with Crippen molar-refractivity contribution >= 4 is 52.1 Å². The summed E-state index contributed by atoms with van der Waals surface area (Å²) in [5.41, 5.74) is 9.14. The lowest BCUT2D eigenvalue weighted by molar-refractivity contribution is -0.136. The van der Waals surface area contributed by atoms with Crippen molar-refractivity contribution in [3.63, 3.8) is 0 Å². The third kappa shape index (κ3) is 7.32. The average Bonchev–Trinajstić information content (AvgIpc) is 3.71. The van der Waals surface area contributed by atoms with Crippen molar-refractivity contribution in [2.45, 2.75) is 63.5 Å². The Hall–Kier alpha value is -6.48. The van der Waals surface area contributed by atoms with Crippen LogP contribution in [0.4, 0.5) is 11.5 Å². The number of imide groups is 2. The van der Waals surface area contributed by atoms with E-state index in [-0.39, 0.29) is 48.0 Å². The molecule has 5 heterocycles. The molecule has 2 atom stereocenters. The standard InChI is InChI=1S/C41H41N9O6/c42-37-35-36(25-15-17-28(18-16-25)56-27-10-3-1-4-11-27)47-50(38(35)44-24-43-37)26-9-8-22-48(23-26)21-6-2-5-14-32(51)45-30-13-7-12-29-34(30)41(55)49(40(29)54)31-19-20-33(52)46-39(31)53/h1,3-4,7,10-13,15-18,24,26,31H,2,5-6,8-9,14,19-23H2,(H,45,51)(H2,42,43,44)(H,46,52,53)/t26-,31?/m1/s1. The summed E-state index contributed by atoms with van der Waals surface area (Å²) in [6, 6.07) is 21.1. The molecule has 2 fully saturated rings. The molecule has 3 aromatic carbocycles. The van der Waals surface area contributed by atoms with E-state index in [2.05, 4.69) is 25.5 Å². The number of fused-ring (bicyclic) bond motifs is 2. The molecule has 1 unspecified atom stereocenters. The van der Waals surface area contributed by atoms with E-state index in [0.29, 0.717) is 23.6 Å². The first-order valence-corrected chi connectivity index (χ1v) is 18.9. The van der Waals surface area contributed by atoms with Gasteiger partial charge in [-0.1, -0.05) is 30.7 Å². The van der Waals surface area contributed by atoms with Crippen molar-refractivity contribution in [3.8, 4) is 22.8 Å². The van der Waals surface area contributed by atoms with Crippen LogP contribution in [0.15, 0.2) is 79.1 Å². The Morgan fingerprint density at radius 1 is 0.893 bits per heavy atom. The second-order valence-corrected chi connectivity index (χ2v) is 14.3.